The van der Waals surface area contributed by atoms with E-state index in [2.05, 4.69) is 22.4 Å². The lowest BCUT2D eigenvalue weighted by molar-refractivity contribution is -0.149. The third kappa shape index (κ3) is 2.28. The number of aliphatic hydroxyl groups excluding tert-OH is 1. The van der Waals surface area contributed by atoms with Crippen LogP contribution in [0.5, 0.6) is 0 Å². The van der Waals surface area contributed by atoms with Crippen molar-refractivity contribution in [2.75, 3.05) is 18.5 Å². The Morgan fingerprint density at radius 2 is 2.17 bits per heavy atom. The topological polar surface area (TPSA) is 65.5 Å². The molecule has 2 aliphatic heterocycles. The molecule has 1 aromatic carbocycles. The van der Waals surface area contributed by atoms with Gasteiger partial charge >= 0.3 is 0 Å². The van der Waals surface area contributed by atoms with Crippen LogP contribution in [0.4, 0.5) is 5.69 Å². The fourth-order valence-electron chi connectivity index (χ4n) is 3.89. The first-order chi connectivity index (χ1) is 11.3. The van der Waals surface area contributed by atoms with E-state index in [0.717, 1.165) is 17.8 Å². The first-order valence-electron chi connectivity index (χ1n) is 7.93. The number of aromatic nitrogens is 1. The van der Waals surface area contributed by atoms with Crippen molar-refractivity contribution in [2.45, 2.75) is 24.4 Å². The van der Waals surface area contributed by atoms with Gasteiger partial charge in [-0.15, -0.1) is 0 Å². The number of hydrogen-bond acceptors (Lipinski definition) is 4. The van der Waals surface area contributed by atoms with Crippen LogP contribution in [-0.2, 0) is 11.2 Å². The van der Waals surface area contributed by atoms with E-state index in [4.69, 9.17) is 0 Å². The second-order valence-electron chi connectivity index (χ2n) is 6.15. The SMILES string of the molecule is O=C(Cc1cccnc1)N1[C@H](CO)[C@H]2c3ccccc3NC[C@H]21. The number of benzene rings is 1. The normalized spacial score (nSPS) is 24.9. The van der Waals surface area contributed by atoms with Gasteiger partial charge in [-0.05, 0) is 23.3 Å². The van der Waals surface area contributed by atoms with Crippen LogP contribution in [0.25, 0.3) is 0 Å². The Labute approximate surface area is 135 Å². The number of fused-ring (bicyclic) bond motifs is 3. The summed E-state index contributed by atoms with van der Waals surface area (Å²) in [6.45, 7) is 0.727. The Morgan fingerprint density at radius 3 is 2.96 bits per heavy atom. The van der Waals surface area contributed by atoms with E-state index in [1.54, 1.807) is 12.4 Å². The molecule has 4 rings (SSSR count). The maximum absolute atomic E-state index is 12.7. The molecule has 0 saturated carbocycles. The van der Waals surface area contributed by atoms with Crippen LogP contribution < -0.4 is 5.32 Å². The van der Waals surface area contributed by atoms with Gasteiger partial charge in [0, 0.05) is 30.5 Å². The summed E-state index contributed by atoms with van der Waals surface area (Å²) in [4.78, 5) is 18.6. The lowest BCUT2D eigenvalue weighted by Crippen LogP contribution is -2.69. The number of hydrogen-bond donors (Lipinski definition) is 2. The summed E-state index contributed by atoms with van der Waals surface area (Å²) in [5.74, 6) is 0.273. The van der Waals surface area contributed by atoms with E-state index in [1.807, 2.05) is 29.2 Å². The van der Waals surface area contributed by atoms with Crippen molar-refractivity contribution >= 4 is 11.6 Å². The third-order valence-corrected chi connectivity index (χ3v) is 4.92. The molecule has 2 N–H and O–H groups in total. The molecule has 1 saturated heterocycles. The highest BCUT2D eigenvalue weighted by Gasteiger charge is 2.52. The van der Waals surface area contributed by atoms with Gasteiger partial charge in [-0.25, -0.2) is 0 Å². The average Bonchev–Trinajstić information content (AvgIpc) is 2.56. The minimum atomic E-state index is -0.132. The zero-order valence-corrected chi connectivity index (χ0v) is 12.7. The molecule has 3 heterocycles. The van der Waals surface area contributed by atoms with Gasteiger partial charge in [0.2, 0.25) is 5.91 Å². The fourth-order valence-corrected chi connectivity index (χ4v) is 3.89. The highest BCUT2D eigenvalue weighted by molar-refractivity contribution is 5.81. The Bertz CT molecular complexity index is 719. The Hall–Kier alpha value is -2.40. The van der Waals surface area contributed by atoms with E-state index in [9.17, 15) is 9.90 Å². The largest absolute Gasteiger partial charge is 0.394 e. The number of nitrogens with one attached hydrogen (secondary N) is 1. The molecule has 5 heteroatoms. The monoisotopic (exact) mass is 309 g/mol. The highest BCUT2D eigenvalue weighted by atomic mass is 16.3. The summed E-state index contributed by atoms with van der Waals surface area (Å²) in [6, 6.07) is 11.9. The number of pyridine rings is 1. The summed E-state index contributed by atoms with van der Waals surface area (Å²) < 4.78 is 0. The summed E-state index contributed by atoms with van der Waals surface area (Å²) in [6.07, 6.45) is 3.75. The van der Waals surface area contributed by atoms with Crippen molar-refractivity contribution in [3.05, 3.63) is 59.9 Å². The highest BCUT2D eigenvalue weighted by Crippen LogP contribution is 2.46. The number of carbonyl (C=O) groups is 1. The fraction of sp³-hybridized carbons (Fsp3) is 0.333. The lowest BCUT2D eigenvalue weighted by Gasteiger charge is -2.57. The van der Waals surface area contributed by atoms with Gasteiger partial charge in [0.1, 0.15) is 0 Å². The van der Waals surface area contributed by atoms with Crippen LogP contribution in [0.3, 0.4) is 0 Å². The number of carbonyl (C=O) groups excluding carboxylic acids is 1. The maximum Gasteiger partial charge on any atom is 0.227 e. The van der Waals surface area contributed by atoms with Gasteiger partial charge in [0.25, 0.3) is 0 Å². The summed E-state index contributed by atoms with van der Waals surface area (Å²) in [7, 11) is 0. The van der Waals surface area contributed by atoms with Crippen molar-refractivity contribution in [3.63, 3.8) is 0 Å². The van der Waals surface area contributed by atoms with E-state index in [1.165, 1.54) is 5.56 Å². The van der Waals surface area contributed by atoms with Crippen LogP contribution in [0.15, 0.2) is 48.8 Å². The second kappa shape index (κ2) is 5.66. The zero-order valence-electron chi connectivity index (χ0n) is 12.7. The third-order valence-electron chi connectivity index (χ3n) is 4.92. The van der Waals surface area contributed by atoms with Crippen molar-refractivity contribution in [1.29, 1.82) is 0 Å². The molecule has 5 nitrogen and oxygen atoms in total. The second-order valence-corrected chi connectivity index (χ2v) is 6.15. The number of anilines is 1. The van der Waals surface area contributed by atoms with Crippen molar-refractivity contribution in [3.8, 4) is 0 Å². The van der Waals surface area contributed by atoms with Gasteiger partial charge < -0.3 is 15.3 Å². The number of amides is 1. The maximum atomic E-state index is 12.7. The van der Waals surface area contributed by atoms with Crippen molar-refractivity contribution in [2.24, 2.45) is 0 Å². The molecular weight excluding hydrogens is 290 g/mol. The molecule has 118 valence electrons. The lowest BCUT2D eigenvalue weighted by atomic mass is 9.72. The van der Waals surface area contributed by atoms with Gasteiger partial charge in [0.05, 0.1) is 25.1 Å². The Morgan fingerprint density at radius 1 is 1.30 bits per heavy atom. The summed E-state index contributed by atoms with van der Waals surface area (Å²) in [5.41, 5.74) is 3.22. The molecule has 1 aromatic heterocycles. The first kappa shape index (κ1) is 14.2. The number of aliphatic hydroxyl groups is 1. The standard InChI is InChI=1S/C18H19N3O2/c22-11-16-18-13-5-1-2-6-14(13)20-10-15(18)21(16)17(23)8-12-4-3-7-19-9-12/h1-7,9,15-16,18,20,22H,8,10-11H2/t15-,16-,18+/m1/s1. The predicted molar refractivity (Wildman–Crippen MR) is 87.1 cm³/mol. The summed E-state index contributed by atoms with van der Waals surface area (Å²) >= 11 is 0. The molecular formula is C18H19N3O2. The average molecular weight is 309 g/mol. The minimum absolute atomic E-state index is 0.00567. The molecule has 0 radical (unpaired) electrons. The van der Waals surface area contributed by atoms with Crippen LogP contribution in [0.1, 0.15) is 17.0 Å². The van der Waals surface area contributed by atoms with E-state index in [-0.39, 0.29) is 30.5 Å². The van der Waals surface area contributed by atoms with Crippen LogP contribution >= 0.6 is 0 Å². The summed E-state index contributed by atoms with van der Waals surface area (Å²) in [5, 5.41) is 13.2. The number of nitrogens with zero attached hydrogens (tertiary/aromatic N) is 2. The van der Waals surface area contributed by atoms with Gasteiger partial charge in [-0.3, -0.25) is 9.78 Å². The number of para-hydroxylation sites is 1. The molecule has 23 heavy (non-hydrogen) atoms. The Balaban J connectivity index is 1.56. The van der Waals surface area contributed by atoms with Gasteiger partial charge in [0.15, 0.2) is 0 Å². The van der Waals surface area contributed by atoms with Crippen LogP contribution in [0, 0.1) is 0 Å². The Kier molecular flexibility index (Phi) is 3.50. The van der Waals surface area contributed by atoms with E-state index in [0.29, 0.717) is 6.42 Å². The predicted octanol–water partition coefficient (Wildman–Crippen LogP) is 1.41. The van der Waals surface area contributed by atoms with Crippen LogP contribution in [0.2, 0.25) is 0 Å². The minimum Gasteiger partial charge on any atom is -0.394 e. The first-order valence-corrected chi connectivity index (χ1v) is 7.93. The van der Waals surface area contributed by atoms with Gasteiger partial charge in [-0.2, -0.15) is 0 Å². The molecule has 1 amide bonds. The zero-order chi connectivity index (χ0) is 15.8. The van der Waals surface area contributed by atoms with E-state index < -0.39 is 0 Å². The van der Waals surface area contributed by atoms with Crippen molar-refractivity contribution in [1.82, 2.24) is 9.88 Å². The van der Waals surface area contributed by atoms with Crippen molar-refractivity contribution < 1.29 is 9.90 Å². The molecule has 0 spiro atoms. The van der Waals surface area contributed by atoms with Crippen LogP contribution in [-0.4, -0.2) is 46.1 Å². The quantitative estimate of drug-likeness (QED) is 0.899. The molecule has 1 fully saturated rings. The smallest absolute Gasteiger partial charge is 0.227 e. The molecule has 2 aliphatic rings. The molecule has 0 aliphatic carbocycles. The molecule has 3 atom stereocenters. The molecule has 2 aromatic rings. The number of likely N-dealkylation sites (tertiary alicyclic amines) is 1. The number of rotatable bonds is 3. The molecule has 0 bridgehead atoms. The van der Waals surface area contributed by atoms with Gasteiger partial charge in [-0.1, -0.05) is 24.3 Å². The van der Waals surface area contributed by atoms with E-state index >= 15 is 0 Å². The molecule has 0 unspecified atom stereocenters.